The van der Waals surface area contributed by atoms with E-state index >= 15 is 0 Å². The SMILES string of the molecule is Cc1nn(-c2ncc(NC(=O)c3cccc4c3OCCO4)cn2)c(C)c1C. The smallest absolute Gasteiger partial charge is 0.259 e. The summed E-state index contributed by atoms with van der Waals surface area (Å²) in [6.07, 6.45) is 3.11. The second-order valence-corrected chi connectivity index (χ2v) is 6.26. The van der Waals surface area contributed by atoms with Crippen LogP contribution in [0.2, 0.25) is 0 Å². The lowest BCUT2D eigenvalue weighted by atomic mass is 10.1. The Balaban J connectivity index is 1.55. The molecular formula is C19H19N5O3. The van der Waals surface area contributed by atoms with E-state index in [4.69, 9.17) is 9.47 Å². The maximum atomic E-state index is 12.6. The van der Waals surface area contributed by atoms with Crippen LogP contribution in [-0.4, -0.2) is 38.9 Å². The van der Waals surface area contributed by atoms with Gasteiger partial charge < -0.3 is 14.8 Å². The molecule has 0 aliphatic carbocycles. The van der Waals surface area contributed by atoms with Gasteiger partial charge in [0, 0.05) is 5.69 Å². The molecule has 0 saturated heterocycles. The Labute approximate surface area is 156 Å². The molecule has 3 aromatic rings. The van der Waals surface area contributed by atoms with E-state index in [-0.39, 0.29) is 5.91 Å². The molecule has 0 fully saturated rings. The predicted octanol–water partition coefficient (Wildman–Crippen LogP) is 2.61. The van der Waals surface area contributed by atoms with Gasteiger partial charge in [-0.25, -0.2) is 14.6 Å². The first-order valence-electron chi connectivity index (χ1n) is 8.60. The Kier molecular flexibility index (Phi) is 4.23. The molecule has 8 nitrogen and oxygen atoms in total. The standard InChI is InChI=1S/C19H19N5O3/c1-11-12(2)23-24(13(11)3)19-20-9-14(10-21-19)22-18(25)15-5-4-6-16-17(15)27-8-7-26-16/h4-6,9-10H,7-8H2,1-3H3,(H,22,25). The summed E-state index contributed by atoms with van der Waals surface area (Å²) < 4.78 is 12.8. The van der Waals surface area contributed by atoms with Crippen molar-refractivity contribution in [1.82, 2.24) is 19.7 Å². The van der Waals surface area contributed by atoms with Crippen LogP contribution in [0.15, 0.2) is 30.6 Å². The van der Waals surface area contributed by atoms with Gasteiger partial charge in [0.15, 0.2) is 11.5 Å². The van der Waals surface area contributed by atoms with Crippen LogP contribution in [0.3, 0.4) is 0 Å². The molecule has 1 amide bonds. The molecule has 1 N–H and O–H groups in total. The van der Waals surface area contributed by atoms with Gasteiger partial charge in [0.2, 0.25) is 0 Å². The molecular weight excluding hydrogens is 346 g/mol. The van der Waals surface area contributed by atoms with Crippen molar-refractivity contribution in [2.75, 3.05) is 18.5 Å². The molecule has 27 heavy (non-hydrogen) atoms. The van der Waals surface area contributed by atoms with Gasteiger partial charge in [0.05, 0.1) is 29.3 Å². The minimum atomic E-state index is -0.310. The number of hydrogen-bond acceptors (Lipinski definition) is 6. The van der Waals surface area contributed by atoms with Gasteiger partial charge in [-0.15, -0.1) is 0 Å². The quantitative estimate of drug-likeness (QED) is 0.767. The third-order valence-corrected chi connectivity index (χ3v) is 4.55. The van der Waals surface area contributed by atoms with Crippen molar-refractivity contribution in [3.05, 3.63) is 53.1 Å². The van der Waals surface area contributed by atoms with Crippen LogP contribution in [0.25, 0.3) is 5.95 Å². The summed E-state index contributed by atoms with van der Waals surface area (Å²) in [5.74, 6) is 1.17. The number of ether oxygens (including phenoxy) is 2. The number of anilines is 1. The highest BCUT2D eigenvalue weighted by atomic mass is 16.6. The van der Waals surface area contributed by atoms with E-state index in [1.807, 2.05) is 20.8 Å². The number of aryl methyl sites for hydroxylation is 1. The van der Waals surface area contributed by atoms with Crippen LogP contribution in [0.1, 0.15) is 27.3 Å². The number of nitrogens with zero attached hydrogens (tertiary/aromatic N) is 4. The number of carbonyl (C=O) groups is 1. The number of para-hydroxylation sites is 1. The van der Waals surface area contributed by atoms with Gasteiger partial charge >= 0.3 is 0 Å². The highest BCUT2D eigenvalue weighted by Gasteiger charge is 2.20. The van der Waals surface area contributed by atoms with E-state index in [0.717, 1.165) is 17.0 Å². The lowest BCUT2D eigenvalue weighted by molar-refractivity contribution is 0.101. The highest BCUT2D eigenvalue weighted by molar-refractivity contribution is 6.06. The lowest BCUT2D eigenvalue weighted by Crippen LogP contribution is -2.20. The summed E-state index contributed by atoms with van der Waals surface area (Å²) >= 11 is 0. The van der Waals surface area contributed by atoms with E-state index in [1.54, 1.807) is 35.3 Å². The van der Waals surface area contributed by atoms with Gasteiger partial charge in [-0.3, -0.25) is 4.79 Å². The molecule has 4 rings (SSSR count). The third-order valence-electron chi connectivity index (χ3n) is 4.55. The molecule has 0 bridgehead atoms. The number of nitrogens with one attached hydrogen (secondary N) is 1. The molecule has 1 aliphatic heterocycles. The second kappa shape index (κ2) is 6.71. The van der Waals surface area contributed by atoms with Crippen LogP contribution in [0.5, 0.6) is 11.5 Å². The normalized spacial score (nSPS) is 12.7. The molecule has 138 valence electrons. The number of carbonyl (C=O) groups excluding carboxylic acids is 1. The van der Waals surface area contributed by atoms with Crippen LogP contribution in [-0.2, 0) is 0 Å². The van der Waals surface area contributed by atoms with Crippen molar-refractivity contribution in [3.63, 3.8) is 0 Å². The summed E-state index contributed by atoms with van der Waals surface area (Å²) in [6, 6.07) is 5.23. The zero-order chi connectivity index (χ0) is 19.0. The molecule has 1 aliphatic rings. The largest absolute Gasteiger partial charge is 0.486 e. The highest BCUT2D eigenvalue weighted by Crippen LogP contribution is 2.33. The Hall–Kier alpha value is -3.42. The summed E-state index contributed by atoms with van der Waals surface area (Å²) in [5, 5.41) is 7.23. The topological polar surface area (TPSA) is 91.2 Å². The van der Waals surface area contributed by atoms with Crippen molar-refractivity contribution < 1.29 is 14.3 Å². The summed E-state index contributed by atoms with van der Waals surface area (Å²) in [5.41, 5.74) is 3.91. The maximum absolute atomic E-state index is 12.6. The van der Waals surface area contributed by atoms with Crippen molar-refractivity contribution in [1.29, 1.82) is 0 Å². The molecule has 2 aromatic heterocycles. The first-order valence-corrected chi connectivity index (χ1v) is 8.60. The molecule has 0 radical (unpaired) electrons. The van der Waals surface area contributed by atoms with E-state index in [2.05, 4.69) is 20.4 Å². The monoisotopic (exact) mass is 365 g/mol. The Bertz CT molecular complexity index is 1010. The maximum Gasteiger partial charge on any atom is 0.259 e. The molecule has 1 aromatic carbocycles. The minimum Gasteiger partial charge on any atom is -0.486 e. The molecule has 0 unspecified atom stereocenters. The Morgan fingerprint density at radius 1 is 1.11 bits per heavy atom. The molecule has 8 heteroatoms. The van der Waals surface area contributed by atoms with Crippen molar-refractivity contribution in [3.8, 4) is 17.4 Å². The number of benzene rings is 1. The second-order valence-electron chi connectivity index (χ2n) is 6.26. The average molecular weight is 365 g/mol. The minimum absolute atomic E-state index is 0.310. The van der Waals surface area contributed by atoms with E-state index in [1.165, 1.54) is 0 Å². The Morgan fingerprint density at radius 3 is 2.56 bits per heavy atom. The van der Waals surface area contributed by atoms with Crippen LogP contribution >= 0.6 is 0 Å². The first kappa shape index (κ1) is 17.0. The lowest BCUT2D eigenvalue weighted by Gasteiger charge is -2.20. The zero-order valence-corrected chi connectivity index (χ0v) is 15.3. The molecule has 0 spiro atoms. The first-order chi connectivity index (χ1) is 13.0. The summed E-state index contributed by atoms with van der Waals surface area (Å²) in [7, 11) is 0. The fourth-order valence-corrected chi connectivity index (χ4v) is 2.86. The average Bonchev–Trinajstić information content (AvgIpc) is 2.95. The van der Waals surface area contributed by atoms with E-state index in [0.29, 0.717) is 41.9 Å². The van der Waals surface area contributed by atoms with Crippen LogP contribution < -0.4 is 14.8 Å². The number of amides is 1. The fourth-order valence-electron chi connectivity index (χ4n) is 2.86. The van der Waals surface area contributed by atoms with E-state index in [9.17, 15) is 4.79 Å². The number of fused-ring (bicyclic) bond motifs is 1. The van der Waals surface area contributed by atoms with Crippen LogP contribution in [0, 0.1) is 20.8 Å². The van der Waals surface area contributed by atoms with Gasteiger partial charge in [-0.2, -0.15) is 5.10 Å². The molecule has 0 atom stereocenters. The van der Waals surface area contributed by atoms with E-state index < -0.39 is 0 Å². The zero-order valence-electron chi connectivity index (χ0n) is 15.3. The van der Waals surface area contributed by atoms with Gasteiger partial charge in [-0.1, -0.05) is 6.07 Å². The number of aromatic nitrogens is 4. The van der Waals surface area contributed by atoms with Crippen molar-refractivity contribution >= 4 is 11.6 Å². The van der Waals surface area contributed by atoms with Gasteiger partial charge in [0.25, 0.3) is 11.9 Å². The summed E-state index contributed by atoms with van der Waals surface area (Å²) in [4.78, 5) is 21.3. The predicted molar refractivity (Wildman–Crippen MR) is 98.8 cm³/mol. The van der Waals surface area contributed by atoms with Crippen molar-refractivity contribution in [2.24, 2.45) is 0 Å². The van der Waals surface area contributed by atoms with Crippen molar-refractivity contribution in [2.45, 2.75) is 20.8 Å². The fraction of sp³-hybridized carbons (Fsp3) is 0.263. The number of hydrogen-bond donors (Lipinski definition) is 1. The van der Waals surface area contributed by atoms with Crippen LogP contribution in [0.4, 0.5) is 5.69 Å². The third kappa shape index (κ3) is 3.10. The Morgan fingerprint density at radius 2 is 1.85 bits per heavy atom. The number of rotatable bonds is 3. The summed E-state index contributed by atoms with van der Waals surface area (Å²) in [6.45, 7) is 6.81. The molecule has 3 heterocycles. The van der Waals surface area contributed by atoms with Gasteiger partial charge in [-0.05, 0) is 38.5 Å². The van der Waals surface area contributed by atoms with Gasteiger partial charge in [0.1, 0.15) is 13.2 Å². The molecule has 0 saturated carbocycles.